The van der Waals surface area contributed by atoms with Gasteiger partial charge < -0.3 is 14.9 Å². The molecule has 39 heavy (non-hydrogen) atoms. The Bertz CT molecular complexity index is 922. The van der Waals surface area contributed by atoms with Crippen molar-refractivity contribution in [2.45, 2.75) is 167 Å². The van der Waals surface area contributed by atoms with Crippen LogP contribution in [0.4, 0.5) is 0 Å². The Morgan fingerprint density at radius 3 is 2.05 bits per heavy atom. The zero-order valence-electron chi connectivity index (χ0n) is 24.8. The molecule has 4 fully saturated rings. The van der Waals surface area contributed by atoms with Gasteiger partial charge in [0.2, 0.25) is 10.0 Å². The molecule has 2 heterocycles. The lowest BCUT2D eigenvalue weighted by atomic mass is 9.69. The average Bonchev–Trinajstić information content (AvgIpc) is 3.59. The van der Waals surface area contributed by atoms with Gasteiger partial charge in [-0.1, -0.05) is 97.8 Å². The van der Waals surface area contributed by atoms with E-state index in [0.29, 0.717) is 31.6 Å². The molecule has 0 aromatic carbocycles. The standard InChI is InChI=1S/C31H55NO6S/c1-4-5-6-7-8-9-10-11-12-13-14-15-16-24(33)25-17-18-26(38-25)28(34)29(35)32-27-21-23-19-20-31(27,30(23,2)3)22-39(32,36)37/h23-28,33-34H,4-22H2,1-3H3/t23-,24+,25+,26-,27-,28+,31-/m1/s1. The molecule has 2 N–H and O–H groups in total. The highest BCUT2D eigenvalue weighted by molar-refractivity contribution is 7.90. The van der Waals surface area contributed by atoms with Crippen LogP contribution in [-0.2, 0) is 19.6 Å². The van der Waals surface area contributed by atoms with Crippen molar-refractivity contribution in [1.82, 2.24) is 4.31 Å². The summed E-state index contributed by atoms with van der Waals surface area (Å²) in [5.41, 5.74) is -0.535. The third-order valence-electron chi connectivity index (χ3n) is 11.1. The van der Waals surface area contributed by atoms with E-state index in [2.05, 4.69) is 20.8 Å². The Balaban J connectivity index is 1.15. The summed E-state index contributed by atoms with van der Waals surface area (Å²) in [5, 5.41) is 21.7. The first-order chi connectivity index (χ1) is 18.5. The van der Waals surface area contributed by atoms with Crippen LogP contribution in [0.3, 0.4) is 0 Å². The second-order valence-electron chi connectivity index (χ2n) is 13.7. The number of amides is 1. The van der Waals surface area contributed by atoms with Crippen molar-refractivity contribution in [3.63, 3.8) is 0 Å². The van der Waals surface area contributed by atoms with E-state index in [1.54, 1.807) is 0 Å². The Labute approximate surface area is 237 Å². The van der Waals surface area contributed by atoms with Crippen molar-refractivity contribution in [2.24, 2.45) is 16.7 Å². The Kier molecular flexibility index (Phi) is 10.5. The van der Waals surface area contributed by atoms with Crippen molar-refractivity contribution in [2.75, 3.05) is 5.75 Å². The summed E-state index contributed by atoms with van der Waals surface area (Å²) in [6.07, 6.45) is 16.1. The van der Waals surface area contributed by atoms with Crippen molar-refractivity contribution in [3.8, 4) is 0 Å². The highest BCUT2D eigenvalue weighted by Crippen LogP contribution is 2.70. The smallest absolute Gasteiger partial charge is 0.267 e. The second-order valence-corrected chi connectivity index (χ2v) is 15.6. The number of fused-ring (bicyclic) bond motifs is 1. The van der Waals surface area contributed by atoms with Crippen LogP contribution in [-0.4, -0.2) is 65.1 Å². The predicted molar refractivity (Wildman–Crippen MR) is 154 cm³/mol. The molecule has 8 heteroatoms. The Morgan fingerprint density at radius 2 is 1.46 bits per heavy atom. The monoisotopic (exact) mass is 569 g/mol. The fraction of sp³-hybridized carbons (Fsp3) is 0.968. The van der Waals surface area contributed by atoms with Gasteiger partial charge in [0.15, 0.2) is 6.10 Å². The van der Waals surface area contributed by atoms with E-state index >= 15 is 0 Å². The number of unbranched alkanes of at least 4 members (excludes halogenated alkanes) is 11. The molecule has 2 aliphatic heterocycles. The maximum absolute atomic E-state index is 13.4. The molecule has 7 nitrogen and oxygen atoms in total. The molecular formula is C31H55NO6S. The topological polar surface area (TPSA) is 104 Å². The van der Waals surface area contributed by atoms with E-state index in [1.165, 1.54) is 64.2 Å². The maximum atomic E-state index is 13.4. The van der Waals surface area contributed by atoms with Crippen molar-refractivity contribution in [1.29, 1.82) is 0 Å². The second kappa shape index (κ2) is 13.1. The summed E-state index contributed by atoms with van der Waals surface area (Å²) >= 11 is 0. The van der Waals surface area contributed by atoms with Crippen molar-refractivity contribution in [3.05, 3.63) is 0 Å². The molecule has 0 aromatic rings. The molecule has 2 bridgehead atoms. The molecule has 226 valence electrons. The molecule has 2 aliphatic carbocycles. The highest BCUT2D eigenvalue weighted by Gasteiger charge is 2.72. The molecular weight excluding hydrogens is 514 g/mol. The quantitative estimate of drug-likeness (QED) is 0.231. The van der Waals surface area contributed by atoms with Gasteiger partial charge >= 0.3 is 0 Å². The average molecular weight is 570 g/mol. The first-order valence-electron chi connectivity index (χ1n) is 16.1. The summed E-state index contributed by atoms with van der Waals surface area (Å²) in [7, 11) is -3.78. The number of rotatable bonds is 16. The largest absolute Gasteiger partial charge is 0.390 e. The van der Waals surface area contributed by atoms with Gasteiger partial charge in [-0.2, -0.15) is 0 Å². The van der Waals surface area contributed by atoms with E-state index in [-0.39, 0.29) is 17.2 Å². The van der Waals surface area contributed by atoms with E-state index in [4.69, 9.17) is 4.74 Å². The van der Waals surface area contributed by atoms with Gasteiger partial charge in [-0.15, -0.1) is 0 Å². The van der Waals surface area contributed by atoms with E-state index in [0.717, 1.165) is 30.0 Å². The zero-order chi connectivity index (χ0) is 28.3. The van der Waals surface area contributed by atoms with Gasteiger partial charge in [0.25, 0.3) is 5.91 Å². The fourth-order valence-electron chi connectivity index (χ4n) is 8.45. The number of hydrogen-bond acceptors (Lipinski definition) is 6. The van der Waals surface area contributed by atoms with E-state index < -0.39 is 45.8 Å². The van der Waals surface area contributed by atoms with Crippen LogP contribution in [0.5, 0.6) is 0 Å². The van der Waals surface area contributed by atoms with Crippen molar-refractivity contribution >= 4 is 15.9 Å². The minimum absolute atomic E-state index is 0.00145. The zero-order valence-corrected chi connectivity index (χ0v) is 25.6. The predicted octanol–water partition coefficient (Wildman–Crippen LogP) is 5.71. The third-order valence-corrected chi connectivity index (χ3v) is 13.0. The van der Waals surface area contributed by atoms with Gasteiger partial charge in [-0.3, -0.25) is 4.79 Å². The number of nitrogens with zero attached hydrogens (tertiary/aromatic N) is 1. The van der Waals surface area contributed by atoms with Gasteiger partial charge in [-0.05, 0) is 49.9 Å². The molecule has 4 aliphatic rings. The fourth-order valence-corrected chi connectivity index (χ4v) is 11.0. The van der Waals surface area contributed by atoms with Crippen LogP contribution in [0.2, 0.25) is 0 Å². The van der Waals surface area contributed by atoms with Crippen LogP contribution >= 0.6 is 0 Å². The van der Waals surface area contributed by atoms with Gasteiger partial charge in [-0.25, -0.2) is 12.7 Å². The molecule has 2 saturated heterocycles. The molecule has 4 rings (SSSR count). The molecule has 0 unspecified atom stereocenters. The summed E-state index contributed by atoms with van der Waals surface area (Å²) < 4.78 is 33.4. The van der Waals surface area contributed by atoms with Crippen LogP contribution in [0.1, 0.15) is 136 Å². The van der Waals surface area contributed by atoms with Gasteiger partial charge in [0.05, 0.1) is 30.1 Å². The number of sulfonamides is 1. The summed E-state index contributed by atoms with van der Waals surface area (Å²) in [4.78, 5) is 13.4. The number of carbonyl (C=O) groups is 1. The SMILES string of the molecule is CCCCCCCCCCCCCC[C@H](O)[C@@H]1CC[C@H]([C@H](O)C(=O)N2[C@@H]3C[C@H]4CC[C@]3(CS2(=O)=O)C4(C)C)O1. The van der Waals surface area contributed by atoms with E-state index in [1.807, 2.05) is 0 Å². The molecule has 7 atom stereocenters. The van der Waals surface area contributed by atoms with Crippen molar-refractivity contribution < 1.29 is 28.2 Å². The molecule has 1 spiro atoms. The lowest BCUT2D eigenvalue weighted by Crippen LogP contribution is -2.50. The minimum Gasteiger partial charge on any atom is -0.390 e. The molecule has 2 saturated carbocycles. The van der Waals surface area contributed by atoms with E-state index in [9.17, 15) is 23.4 Å². The highest BCUT2D eigenvalue weighted by atomic mass is 32.2. The lowest BCUT2D eigenvalue weighted by molar-refractivity contribution is -0.148. The summed E-state index contributed by atoms with van der Waals surface area (Å²) in [6.45, 7) is 6.54. The first kappa shape index (κ1) is 31.2. The molecule has 1 amide bonds. The normalized spacial score (nSPS) is 33.9. The Morgan fingerprint density at radius 1 is 0.897 bits per heavy atom. The van der Waals surface area contributed by atoms with Crippen LogP contribution < -0.4 is 0 Å². The Hall–Kier alpha value is -0.700. The number of aliphatic hydroxyl groups excluding tert-OH is 2. The maximum Gasteiger partial charge on any atom is 0.267 e. The molecule has 0 radical (unpaired) electrons. The van der Waals surface area contributed by atoms with Crippen LogP contribution in [0.25, 0.3) is 0 Å². The lowest BCUT2D eigenvalue weighted by Gasteiger charge is -2.37. The summed E-state index contributed by atoms with van der Waals surface area (Å²) in [6, 6.07) is -0.355. The minimum atomic E-state index is -3.78. The van der Waals surface area contributed by atoms with Crippen LogP contribution in [0.15, 0.2) is 0 Å². The number of aliphatic hydroxyl groups is 2. The first-order valence-corrected chi connectivity index (χ1v) is 17.7. The molecule has 0 aromatic heterocycles. The third kappa shape index (κ3) is 6.39. The van der Waals surface area contributed by atoms with Crippen LogP contribution in [0, 0.1) is 16.7 Å². The number of hydrogen-bond donors (Lipinski definition) is 2. The number of ether oxygens (including phenoxy) is 1. The summed E-state index contributed by atoms with van der Waals surface area (Å²) in [5.74, 6) is -0.326. The van der Waals surface area contributed by atoms with Gasteiger partial charge in [0.1, 0.15) is 0 Å². The van der Waals surface area contributed by atoms with Gasteiger partial charge in [0, 0.05) is 5.41 Å². The number of carbonyl (C=O) groups excluding carboxylic acids is 1.